The smallest absolute Gasteiger partial charge is 0.407 e. The van der Waals surface area contributed by atoms with Crippen molar-refractivity contribution in [3.8, 4) is 0 Å². The Labute approximate surface area is 77.6 Å². The maximum atomic E-state index is 11.0. The average molecular weight is 188 g/mol. The zero-order valence-electron chi connectivity index (χ0n) is 7.84. The van der Waals surface area contributed by atoms with Crippen molar-refractivity contribution in [2.24, 2.45) is 5.73 Å². The molecule has 3 N–H and O–H groups in total. The van der Waals surface area contributed by atoms with Gasteiger partial charge in [-0.25, -0.2) is 4.79 Å². The highest BCUT2D eigenvalue weighted by Gasteiger charge is 2.32. The molecule has 0 aromatic rings. The van der Waals surface area contributed by atoms with Crippen LogP contribution in [0.15, 0.2) is 0 Å². The first-order chi connectivity index (χ1) is 6.22. The molecule has 0 aromatic carbocycles. The quantitative estimate of drug-likeness (QED) is 0.632. The largest absolute Gasteiger partial charge is 0.453 e. The molecule has 76 valence electrons. The molecule has 0 atom stereocenters. The molecule has 0 aromatic heterocycles. The highest BCUT2D eigenvalue weighted by Crippen LogP contribution is 2.19. The van der Waals surface area contributed by atoms with Crippen LogP contribution in [-0.4, -0.2) is 38.5 Å². The molecule has 1 fully saturated rings. The summed E-state index contributed by atoms with van der Waals surface area (Å²) in [6.45, 7) is 1.70. The lowest BCUT2D eigenvalue weighted by Gasteiger charge is -2.36. The number of ether oxygens (including phenoxy) is 2. The van der Waals surface area contributed by atoms with Crippen molar-refractivity contribution < 1.29 is 14.3 Å². The molecule has 5 heteroatoms. The van der Waals surface area contributed by atoms with Gasteiger partial charge in [0.1, 0.15) is 0 Å². The first kappa shape index (κ1) is 10.3. The fraction of sp³-hybridized carbons (Fsp3) is 0.875. The summed E-state index contributed by atoms with van der Waals surface area (Å²) in [5.74, 6) is 0. The van der Waals surface area contributed by atoms with Gasteiger partial charge in [-0.1, -0.05) is 0 Å². The van der Waals surface area contributed by atoms with E-state index in [-0.39, 0.29) is 5.54 Å². The molecule has 1 saturated heterocycles. The van der Waals surface area contributed by atoms with E-state index < -0.39 is 6.09 Å². The Hall–Kier alpha value is -0.810. The van der Waals surface area contributed by atoms with Gasteiger partial charge in [-0.05, 0) is 12.8 Å². The van der Waals surface area contributed by atoms with Crippen LogP contribution in [0.4, 0.5) is 4.79 Å². The molecule has 0 radical (unpaired) electrons. The van der Waals surface area contributed by atoms with Crippen LogP contribution in [-0.2, 0) is 9.47 Å². The van der Waals surface area contributed by atoms with Gasteiger partial charge < -0.3 is 20.5 Å². The van der Waals surface area contributed by atoms with Crippen LogP contribution in [0.25, 0.3) is 0 Å². The number of methoxy groups -OCH3 is 1. The second-order valence-electron chi connectivity index (χ2n) is 3.21. The van der Waals surface area contributed by atoms with Gasteiger partial charge in [0, 0.05) is 19.8 Å². The van der Waals surface area contributed by atoms with Crippen LogP contribution >= 0.6 is 0 Å². The summed E-state index contributed by atoms with van der Waals surface area (Å²) in [4.78, 5) is 11.0. The Kier molecular flexibility index (Phi) is 3.50. The van der Waals surface area contributed by atoms with Gasteiger partial charge in [-0.3, -0.25) is 0 Å². The maximum absolute atomic E-state index is 11.0. The summed E-state index contributed by atoms with van der Waals surface area (Å²) in [6.07, 6.45) is 1.07. The first-order valence-electron chi connectivity index (χ1n) is 4.36. The fourth-order valence-corrected chi connectivity index (χ4v) is 1.41. The van der Waals surface area contributed by atoms with Gasteiger partial charge in [-0.15, -0.1) is 0 Å². The van der Waals surface area contributed by atoms with Gasteiger partial charge in [0.25, 0.3) is 0 Å². The van der Waals surface area contributed by atoms with Gasteiger partial charge in [0.15, 0.2) is 0 Å². The highest BCUT2D eigenvalue weighted by atomic mass is 16.5. The minimum absolute atomic E-state index is 0.328. The molecule has 1 heterocycles. The number of amides is 1. The number of hydrogen-bond donors (Lipinski definition) is 2. The number of alkyl carbamates (subject to hydrolysis) is 1. The summed E-state index contributed by atoms with van der Waals surface area (Å²) in [6, 6.07) is 0. The van der Waals surface area contributed by atoms with Crippen molar-refractivity contribution in [3.05, 3.63) is 0 Å². The van der Waals surface area contributed by atoms with Crippen LogP contribution in [0, 0.1) is 0 Å². The minimum Gasteiger partial charge on any atom is -0.453 e. The molecule has 0 saturated carbocycles. The Morgan fingerprint density at radius 3 is 2.69 bits per heavy atom. The van der Waals surface area contributed by atoms with Crippen molar-refractivity contribution in [3.63, 3.8) is 0 Å². The van der Waals surface area contributed by atoms with Crippen LogP contribution in [0.1, 0.15) is 12.8 Å². The number of nitrogens with one attached hydrogen (secondary N) is 1. The number of hydrogen-bond acceptors (Lipinski definition) is 4. The van der Waals surface area contributed by atoms with Crippen LogP contribution in [0.2, 0.25) is 0 Å². The molecule has 0 bridgehead atoms. The lowest BCUT2D eigenvalue weighted by molar-refractivity contribution is 0.0404. The van der Waals surface area contributed by atoms with Gasteiger partial charge in [0.05, 0.1) is 12.6 Å². The molecule has 13 heavy (non-hydrogen) atoms. The van der Waals surface area contributed by atoms with Crippen molar-refractivity contribution in [2.45, 2.75) is 18.4 Å². The molecule has 5 nitrogen and oxygen atoms in total. The van der Waals surface area contributed by atoms with Crippen molar-refractivity contribution in [1.82, 2.24) is 5.32 Å². The van der Waals surface area contributed by atoms with Gasteiger partial charge in [0.2, 0.25) is 0 Å². The number of nitrogens with two attached hydrogens (primary N) is 1. The summed E-state index contributed by atoms with van der Waals surface area (Å²) in [7, 11) is 1.35. The number of carbonyl (C=O) groups excluding carboxylic acids is 1. The van der Waals surface area contributed by atoms with E-state index in [1.807, 2.05) is 0 Å². The van der Waals surface area contributed by atoms with E-state index >= 15 is 0 Å². The van der Waals surface area contributed by atoms with E-state index in [4.69, 9.17) is 10.5 Å². The lowest BCUT2D eigenvalue weighted by atomic mass is 9.90. The van der Waals surface area contributed by atoms with Gasteiger partial charge >= 0.3 is 6.09 Å². The Morgan fingerprint density at radius 2 is 2.23 bits per heavy atom. The third kappa shape index (κ3) is 2.57. The highest BCUT2D eigenvalue weighted by molar-refractivity contribution is 5.68. The Balaban J connectivity index is 2.52. The van der Waals surface area contributed by atoms with Crippen molar-refractivity contribution >= 4 is 6.09 Å². The first-order valence-corrected chi connectivity index (χ1v) is 4.36. The maximum Gasteiger partial charge on any atom is 0.407 e. The Bertz CT molecular complexity index is 178. The third-order valence-corrected chi connectivity index (χ3v) is 2.39. The van der Waals surface area contributed by atoms with E-state index in [1.54, 1.807) is 0 Å². The van der Waals surface area contributed by atoms with E-state index in [9.17, 15) is 4.79 Å². The monoisotopic (exact) mass is 188 g/mol. The molecule has 0 spiro atoms. The topological polar surface area (TPSA) is 73.6 Å². The molecule has 0 aliphatic carbocycles. The van der Waals surface area contributed by atoms with Crippen LogP contribution in [0.5, 0.6) is 0 Å². The second-order valence-corrected chi connectivity index (χ2v) is 3.21. The SMILES string of the molecule is COC(=O)NC1(CN)CCOCC1. The molecule has 1 amide bonds. The zero-order chi connectivity index (χ0) is 9.73. The summed E-state index contributed by atoms with van der Waals surface area (Å²) < 4.78 is 9.73. The summed E-state index contributed by atoms with van der Waals surface area (Å²) in [5, 5.41) is 2.77. The molecular weight excluding hydrogens is 172 g/mol. The predicted octanol–water partition coefficient (Wildman–Crippen LogP) is -0.150. The van der Waals surface area contributed by atoms with Crippen molar-refractivity contribution in [2.75, 3.05) is 26.9 Å². The lowest BCUT2D eigenvalue weighted by Crippen LogP contribution is -2.56. The van der Waals surface area contributed by atoms with Crippen LogP contribution in [0.3, 0.4) is 0 Å². The fourth-order valence-electron chi connectivity index (χ4n) is 1.41. The second kappa shape index (κ2) is 4.43. The van der Waals surface area contributed by atoms with Crippen LogP contribution < -0.4 is 11.1 Å². The third-order valence-electron chi connectivity index (χ3n) is 2.39. The number of rotatable bonds is 2. The molecule has 0 unspecified atom stereocenters. The van der Waals surface area contributed by atoms with E-state index in [1.165, 1.54) is 7.11 Å². The summed E-state index contributed by atoms with van der Waals surface area (Å²) in [5.41, 5.74) is 5.29. The average Bonchev–Trinajstić information content (AvgIpc) is 2.19. The van der Waals surface area contributed by atoms with Crippen molar-refractivity contribution in [1.29, 1.82) is 0 Å². The predicted molar refractivity (Wildman–Crippen MR) is 47.4 cm³/mol. The van der Waals surface area contributed by atoms with E-state index in [0.717, 1.165) is 12.8 Å². The zero-order valence-corrected chi connectivity index (χ0v) is 7.84. The molecule has 1 rings (SSSR count). The standard InChI is InChI=1S/C8H16N2O3/c1-12-7(11)10-8(6-9)2-4-13-5-3-8/h2-6,9H2,1H3,(H,10,11). The molecular formula is C8H16N2O3. The Morgan fingerprint density at radius 1 is 1.62 bits per heavy atom. The number of carbonyl (C=O) groups is 1. The summed E-state index contributed by atoms with van der Waals surface area (Å²) >= 11 is 0. The van der Waals surface area contributed by atoms with Gasteiger partial charge in [-0.2, -0.15) is 0 Å². The van der Waals surface area contributed by atoms with E-state index in [0.29, 0.717) is 19.8 Å². The molecule has 1 aliphatic rings. The normalized spacial score (nSPS) is 20.8. The molecule has 1 aliphatic heterocycles. The minimum atomic E-state index is -0.424. The van der Waals surface area contributed by atoms with E-state index in [2.05, 4.69) is 10.1 Å².